The van der Waals surface area contributed by atoms with Crippen LogP contribution in [0.4, 0.5) is 4.79 Å². The second-order valence-corrected chi connectivity index (χ2v) is 5.80. The second kappa shape index (κ2) is 5.48. The zero-order chi connectivity index (χ0) is 15.7. The van der Waals surface area contributed by atoms with Crippen LogP contribution in [-0.4, -0.2) is 53.0 Å². The summed E-state index contributed by atoms with van der Waals surface area (Å²) in [6, 6.07) is -2.83. The zero-order valence-corrected chi connectivity index (χ0v) is 11.9. The Kier molecular flexibility index (Phi) is 4.36. The van der Waals surface area contributed by atoms with Crippen LogP contribution in [0.15, 0.2) is 0 Å². The van der Waals surface area contributed by atoms with E-state index in [0.29, 0.717) is 0 Å². The van der Waals surface area contributed by atoms with Gasteiger partial charge in [-0.3, -0.25) is 14.5 Å². The maximum atomic E-state index is 11.8. The van der Waals surface area contributed by atoms with Gasteiger partial charge in [0.05, 0.1) is 6.42 Å². The molecular formula is C12H19N3O5. The van der Waals surface area contributed by atoms with E-state index in [1.165, 1.54) is 7.05 Å². The van der Waals surface area contributed by atoms with Crippen molar-refractivity contribution in [2.24, 2.45) is 5.41 Å². The molecule has 1 saturated heterocycles. The molecule has 0 aliphatic carbocycles. The van der Waals surface area contributed by atoms with Crippen LogP contribution in [0, 0.1) is 5.41 Å². The van der Waals surface area contributed by atoms with Crippen molar-refractivity contribution < 1.29 is 24.3 Å². The quantitative estimate of drug-likeness (QED) is 0.607. The third-order valence-electron chi connectivity index (χ3n) is 3.08. The minimum Gasteiger partial charge on any atom is -0.480 e. The SMILES string of the molecule is CN1C(=O)CC(NC(=O)N[C@H](C(=O)O)C(C)(C)C)C1=O. The predicted molar refractivity (Wildman–Crippen MR) is 68.7 cm³/mol. The highest BCUT2D eigenvalue weighted by Gasteiger charge is 2.38. The van der Waals surface area contributed by atoms with E-state index in [2.05, 4.69) is 10.6 Å². The molecule has 8 nitrogen and oxygen atoms in total. The standard InChI is InChI=1S/C12H19N3O5/c1-12(2,3)8(10(18)19)14-11(20)13-6-5-7(16)15(4)9(6)17/h6,8H,5H2,1-4H3,(H,18,19)(H2,13,14,20)/t6?,8-/m1/s1. The average Bonchev–Trinajstić information content (AvgIpc) is 2.52. The molecule has 1 unspecified atom stereocenters. The first-order valence-corrected chi connectivity index (χ1v) is 6.14. The molecule has 0 saturated carbocycles. The maximum Gasteiger partial charge on any atom is 0.326 e. The van der Waals surface area contributed by atoms with Crippen LogP contribution in [0.25, 0.3) is 0 Å². The van der Waals surface area contributed by atoms with Gasteiger partial charge in [0.15, 0.2) is 0 Å². The first-order chi connectivity index (χ1) is 9.04. The number of carboxylic acids is 1. The minimum absolute atomic E-state index is 0.115. The van der Waals surface area contributed by atoms with Crippen molar-refractivity contribution in [1.29, 1.82) is 0 Å². The lowest BCUT2D eigenvalue weighted by atomic mass is 9.87. The van der Waals surface area contributed by atoms with Crippen molar-refractivity contribution in [3.05, 3.63) is 0 Å². The number of rotatable bonds is 3. The molecule has 1 heterocycles. The number of hydrogen-bond acceptors (Lipinski definition) is 4. The number of likely N-dealkylation sites (N-methyl/N-ethyl adjacent to an activating group) is 1. The number of imide groups is 1. The smallest absolute Gasteiger partial charge is 0.326 e. The Balaban J connectivity index is 2.66. The molecule has 112 valence electrons. The van der Waals surface area contributed by atoms with Crippen molar-refractivity contribution in [2.75, 3.05) is 7.05 Å². The molecule has 0 spiro atoms. The van der Waals surface area contributed by atoms with Crippen molar-refractivity contribution in [3.63, 3.8) is 0 Å². The molecule has 20 heavy (non-hydrogen) atoms. The first-order valence-electron chi connectivity index (χ1n) is 6.14. The summed E-state index contributed by atoms with van der Waals surface area (Å²) >= 11 is 0. The predicted octanol–water partition coefficient (Wildman–Crippen LogP) is -0.458. The molecule has 0 bridgehead atoms. The number of carbonyl (C=O) groups excluding carboxylic acids is 3. The van der Waals surface area contributed by atoms with Crippen LogP contribution in [0.2, 0.25) is 0 Å². The van der Waals surface area contributed by atoms with E-state index >= 15 is 0 Å². The Morgan fingerprint density at radius 3 is 2.25 bits per heavy atom. The topological polar surface area (TPSA) is 116 Å². The summed E-state index contributed by atoms with van der Waals surface area (Å²) in [6.45, 7) is 5.01. The Morgan fingerprint density at radius 1 is 1.35 bits per heavy atom. The zero-order valence-electron chi connectivity index (χ0n) is 11.9. The number of urea groups is 1. The van der Waals surface area contributed by atoms with Gasteiger partial charge in [-0.25, -0.2) is 9.59 Å². The molecule has 1 rings (SSSR count). The van der Waals surface area contributed by atoms with Gasteiger partial charge in [0.25, 0.3) is 5.91 Å². The second-order valence-electron chi connectivity index (χ2n) is 5.80. The number of nitrogens with zero attached hydrogens (tertiary/aromatic N) is 1. The summed E-state index contributed by atoms with van der Waals surface area (Å²) in [5, 5.41) is 13.7. The molecule has 1 aliphatic rings. The van der Waals surface area contributed by atoms with Crippen molar-refractivity contribution in [1.82, 2.24) is 15.5 Å². The van der Waals surface area contributed by atoms with E-state index in [1.54, 1.807) is 20.8 Å². The van der Waals surface area contributed by atoms with E-state index < -0.39 is 35.4 Å². The van der Waals surface area contributed by atoms with Gasteiger partial charge in [-0.1, -0.05) is 20.8 Å². The lowest BCUT2D eigenvalue weighted by Crippen LogP contribution is -2.54. The van der Waals surface area contributed by atoms with Gasteiger partial charge in [0.1, 0.15) is 12.1 Å². The fraction of sp³-hybridized carbons (Fsp3) is 0.667. The third-order valence-corrected chi connectivity index (χ3v) is 3.08. The van der Waals surface area contributed by atoms with E-state index in [4.69, 9.17) is 5.11 Å². The number of carboxylic acid groups (broad SMARTS) is 1. The molecule has 8 heteroatoms. The molecular weight excluding hydrogens is 266 g/mol. The highest BCUT2D eigenvalue weighted by atomic mass is 16.4. The summed E-state index contributed by atoms with van der Waals surface area (Å²) in [4.78, 5) is 46.7. The van der Waals surface area contributed by atoms with Gasteiger partial charge in [-0.15, -0.1) is 0 Å². The molecule has 1 fully saturated rings. The van der Waals surface area contributed by atoms with E-state index in [1.807, 2.05) is 0 Å². The summed E-state index contributed by atoms with van der Waals surface area (Å²) in [5.74, 6) is -2.06. The third kappa shape index (κ3) is 3.46. The number of likely N-dealkylation sites (tertiary alicyclic amines) is 1. The minimum atomic E-state index is -1.17. The monoisotopic (exact) mass is 285 g/mol. The maximum absolute atomic E-state index is 11.8. The lowest BCUT2D eigenvalue weighted by molar-refractivity contribution is -0.142. The number of aliphatic carboxylic acids is 1. The fourth-order valence-electron chi connectivity index (χ4n) is 1.85. The number of hydrogen-bond donors (Lipinski definition) is 3. The molecule has 0 aromatic rings. The summed E-state index contributed by atoms with van der Waals surface area (Å²) in [7, 11) is 1.33. The molecule has 0 aromatic carbocycles. The van der Waals surface area contributed by atoms with Crippen LogP contribution < -0.4 is 10.6 Å². The van der Waals surface area contributed by atoms with E-state index in [9.17, 15) is 19.2 Å². The molecule has 3 N–H and O–H groups in total. The Hall–Kier alpha value is -2.12. The lowest BCUT2D eigenvalue weighted by Gasteiger charge is -2.28. The highest BCUT2D eigenvalue weighted by molar-refractivity contribution is 6.06. The molecule has 0 aromatic heterocycles. The van der Waals surface area contributed by atoms with Crippen molar-refractivity contribution in [2.45, 2.75) is 39.3 Å². The normalized spacial score (nSPS) is 20.8. The Morgan fingerprint density at radius 2 is 1.90 bits per heavy atom. The molecule has 4 amide bonds. The van der Waals surface area contributed by atoms with Crippen molar-refractivity contribution >= 4 is 23.8 Å². The molecule has 0 radical (unpaired) electrons. The fourth-order valence-corrected chi connectivity index (χ4v) is 1.85. The van der Waals surface area contributed by atoms with Gasteiger partial charge in [-0.05, 0) is 5.41 Å². The molecule has 1 aliphatic heterocycles. The van der Waals surface area contributed by atoms with Crippen molar-refractivity contribution in [3.8, 4) is 0 Å². The van der Waals surface area contributed by atoms with E-state index in [0.717, 1.165) is 4.90 Å². The van der Waals surface area contributed by atoms with Crippen LogP contribution in [-0.2, 0) is 14.4 Å². The van der Waals surface area contributed by atoms with Gasteiger partial charge in [-0.2, -0.15) is 0 Å². The number of amides is 4. The highest BCUT2D eigenvalue weighted by Crippen LogP contribution is 2.19. The van der Waals surface area contributed by atoms with E-state index in [-0.39, 0.29) is 12.3 Å². The summed E-state index contributed by atoms with van der Waals surface area (Å²) in [6.07, 6.45) is -0.115. The molecule has 2 atom stereocenters. The summed E-state index contributed by atoms with van der Waals surface area (Å²) < 4.78 is 0. The number of carbonyl (C=O) groups is 4. The summed E-state index contributed by atoms with van der Waals surface area (Å²) in [5.41, 5.74) is -0.685. The first kappa shape index (κ1) is 15.9. The average molecular weight is 285 g/mol. The van der Waals surface area contributed by atoms with Crippen LogP contribution >= 0.6 is 0 Å². The van der Waals surface area contributed by atoms with Gasteiger partial charge >= 0.3 is 12.0 Å². The van der Waals surface area contributed by atoms with Crippen LogP contribution in [0.5, 0.6) is 0 Å². The van der Waals surface area contributed by atoms with Crippen LogP contribution in [0.1, 0.15) is 27.2 Å². The largest absolute Gasteiger partial charge is 0.480 e. The number of nitrogens with one attached hydrogen (secondary N) is 2. The Labute approximate surface area is 116 Å². The van der Waals surface area contributed by atoms with Crippen LogP contribution in [0.3, 0.4) is 0 Å². The van der Waals surface area contributed by atoms with Gasteiger partial charge in [0, 0.05) is 7.05 Å². The Bertz CT molecular complexity index is 454. The van der Waals surface area contributed by atoms with Gasteiger partial charge in [0.2, 0.25) is 5.91 Å². The van der Waals surface area contributed by atoms with Gasteiger partial charge < -0.3 is 15.7 Å².